The lowest BCUT2D eigenvalue weighted by molar-refractivity contribution is -0.151. The summed E-state index contributed by atoms with van der Waals surface area (Å²) >= 11 is 1.52. The van der Waals surface area contributed by atoms with Crippen LogP contribution in [0, 0.1) is 6.92 Å². The molecule has 2 aromatic heterocycles. The van der Waals surface area contributed by atoms with Crippen molar-refractivity contribution in [1.29, 1.82) is 0 Å². The van der Waals surface area contributed by atoms with Gasteiger partial charge in [0.15, 0.2) is 0 Å². The lowest BCUT2D eigenvalue weighted by Gasteiger charge is -2.17. The fourth-order valence-corrected chi connectivity index (χ4v) is 5.08. The van der Waals surface area contributed by atoms with Crippen molar-refractivity contribution < 1.29 is 9.53 Å². The summed E-state index contributed by atoms with van der Waals surface area (Å²) in [6, 6.07) is 5.82. The van der Waals surface area contributed by atoms with Crippen molar-refractivity contribution >= 4 is 27.5 Å². The second kappa shape index (κ2) is 7.75. The highest BCUT2D eigenvalue weighted by Gasteiger charge is 2.23. The van der Waals surface area contributed by atoms with Gasteiger partial charge in [0.05, 0.1) is 17.8 Å². The van der Waals surface area contributed by atoms with Gasteiger partial charge in [0.1, 0.15) is 10.9 Å². The molecule has 152 valence electrons. The van der Waals surface area contributed by atoms with E-state index in [1.807, 2.05) is 6.92 Å². The van der Waals surface area contributed by atoms with Gasteiger partial charge in [0, 0.05) is 10.4 Å². The minimum Gasteiger partial charge on any atom is -0.461 e. The number of hydrogen-bond acceptors (Lipinski definition) is 5. The molecule has 5 nitrogen and oxygen atoms in total. The molecule has 3 aromatic rings. The second-order valence-corrected chi connectivity index (χ2v) is 9.23. The monoisotopic (exact) mass is 410 g/mol. The summed E-state index contributed by atoms with van der Waals surface area (Å²) in [5.74, 6) is -0.425. The van der Waals surface area contributed by atoms with Gasteiger partial charge in [-0.05, 0) is 70.1 Å². The first-order valence-corrected chi connectivity index (χ1v) is 11.0. The summed E-state index contributed by atoms with van der Waals surface area (Å²) in [5.41, 5.74) is 4.60. The number of carbonyl (C=O) groups excluding carboxylic acids is 1. The molecule has 1 aromatic carbocycles. The molecule has 0 fully saturated rings. The Morgan fingerprint density at radius 2 is 1.90 bits per heavy atom. The Hall–Kier alpha value is -2.47. The summed E-state index contributed by atoms with van der Waals surface area (Å²) in [6.45, 7) is 7.30. The van der Waals surface area contributed by atoms with Crippen LogP contribution in [0.4, 0.5) is 0 Å². The smallest absolute Gasteiger partial charge is 0.329 e. The van der Waals surface area contributed by atoms with Gasteiger partial charge >= 0.3 is 5.97 Å². The molecule has 1 unspecified atom stereocenters. The molecule has 0 N–H and O–H groups in total. The summed E-state index contributed by atoms with van der Waals surface area (Å²) in [7, 11) is 0. The third kappa shape index (κ3) is 3.62. The Morgan fingerprint density at radius 3 is 2.62 bits per heavy atom. The van der Waals surface area contributed by atoms with Crippen LogP contribution in [0.3, 0.4) is 0 Å². The molecule has 4 rings (SSSR count). The molecular weight excluding hydrogens is 384 g/mol. The number of aromatic nitrogens is 2. The minimum absolute atomic E-state index is 0.194. The van der Waals surface area contributed by atoms with Crippen LogP contribution in [0.25, 0.3) is 21.3 Å². The summed E-state index contributed by atoms with van der Waals surface area (Å²) in [4.78, 5) is 32.0. The maximum absolute atomic E-state index is 13.4. The largest absolute Gasteiger partial charge is 0.461 e. The number of fused-ring (bicyclic) bond motifs is 2. The number of ether oxygens (including phenoxy) is 1. The van der Waals surface area contributed by atoms with Crippen LogP contribution < -0.4 is 5.56 Å². The predicted octanol–water partition coefficient (Wildman–Crippen LogP) is 4.82. The molecule has 29 heavy (non-hydrogen) atoms. The van der Waals surface area contributed by atoms with Gasteiger partial charge in [-0.15, -0.1) is 11.3 Å². The second-order valence-electron chi connectivity index (χ2n) is 8.02. The normalized spacial score (nSPS) is 14.8. The first-order valence-electron chi connectivity index (χ1n) is 10.2. The minimum atomic E-state index is -0.724. The average Bonchev–Trinajstić information content (AvgIpc) is 3.03. The number of carbonyl (C=O) groups is 1. The number of benzene rings is 1. The van der Waals surface area contributed by atoms with E-state index in [0.717, 1.165) is 28.8 Å². The van der Waals surface area contributed by atoms with Crippen molar-refractivity contribution in [3.05, 3.63) is 50.9 Å². The van der Waals surface area contributed by atoms with E-state index >= 15 is 0 Å². The summed E-state index contributed by atoms with van der Waals surface area (Å²) in [5, 5.41) is 0.593. The SMILES string of the molecule is Cc1sc2ncn(C(C)C(=O)OC(C)C)c(=O)c2c1-c1ccc2c(c1)CCCC2. The fourth-order valence-electron chi connectivity index (χ4n) is 4.07. The van der Waals surface area contributed by atoms with E-state index in [1.54, 1.807) is 20.8 Å². The van der Waals surface area contributed by atoms with Gasteiger partial charge in [0.2, 0.25) is 0 Å². The Balaban J connectivity index is 1.84. The number of esters is 1. The molecule has 0 spiro atoms. The number of aryl methyl sites for hydroxylation is 3. The highest BCUT2D eigenvalue weighted by atomic mass is 32.1. The standard InChI is InChI=1S/C23H26N2O3S/c1-13(2)28-23(27)14(3)25-12-24-21-20(22(25)26)19(15(4)29-21)18-10-9-16-7-5-6-8-17(16)11-18/h9-14H,5-8H2,1-4H3. The molecule has 0 radical (unpaired) electrons. The van der Waals surface area contributed by atoms with Crippen molar-refractivity contribution in [3.63, 3.8) is 0 Å². The lowest BCUT2D eigenvalue weighted by atomic mass is 9.89. The van der Waals surface area contributed by atoms with Crippen molar-refractivity contribution in [2.24, 2.45) is 0 Å². The number of thiophene rings is 1. The fraction of sp³-hybridized carbons (Fsp3) is 0.435. The Kier molecular flexibility index (Phi) is 5.30. The molecule has 0 saturated heterocycles. The topological polar surface area (TPSA) is 61.2 Å². The van der Waals surface area contributed by atoms with Gasteiger partial charge in [-0.1, -0.05) is 18.2 Å². The molecule has 0 amide bonds. The van der Waals surface area contributed by atoms with E-state index in [-0.39, 0.29) is 11.7 Å². The molecule has 1 aliphatic carbocycles. The lowest BCUT2D eigenvalue weighted by Crippen LogP contribution is -2.30. The van der Waals surface area contributed by atoms with Crippen molar-refractivity contribution in [2.45, 2.75) is 65.5 Å². The Labute approximate surface area is 174 Å². The Bertz CT molecular complexity index is 1140. The molecule has 0 bridgehead atoms. The molecule has 0 saturated carbocycles. The highest BCUT2D eigenvalue weighted by molar-refractivity contribution is 7.19. The number of rotatable bonds is 4. The summed E-state index contributed by atoms with van der Waals surface area (Å²) in [6.07, 6.45) is 5.90. The van der Waals surface area contributed by atoms with Gasteiger partial charge in [-0.25, -0.2) is 9.78 Å². The Morgan fingerprint density at radius 1 is 1.17 bits per heavy atom. The van der Waals surface area contributed by atoms with Gasteiger partial charge in [0.25, 0.3) is 5.56 Å². The average molecular weight is 411 g/mol. The maximum Gasteiger partial charge on any atom is 0.329 e. The molecule has 1 atom stereocenters. The molecule has 2 heterocycles. The van der Waals surface area contributed by atoms with Gasteiger partial charge in [-0.3, -0.25) is 9.36 Å². The molecule has 6 heteroatoms. The van der Waals surface area contributed by atoms with Crippen molar-refractivity contribution in [3.8, 4) is 11.1 Å². The first-order chi connectivity index (χ1) is 13.9. The zero-order valence-corrected chi connectivity index (χ0v) is 18.1. The van der Waals surface area contributed by atoms with Crippen molar-refractivity contribution in [1.82, 2.24) is 9.55 Å². The van der Waals surface area contributed by atoms with Crippen LogP contribution in [0.5, 0.6) is 0 Å². The molecule has 1 aliphatic rings. The van der Waals surface area contributed by atoms with E-state index in [2.05, 4.69) is 23.2 Å². The number of hydrogen-bond donors (Lipinski definition) is 0. The third-order valence-corrected chi connectivity index (χ3v) is 6.57. The maximum atomic E-state index is 13.4. The zero-order valence-electron chi connectivity index (χ0n) is 17.3. The van der Waals surface area contributed by atoms with E-state index < -0.39 is 12.0 Å². The first kappa shape index (κ1) is 19.8. The van der Waals surface area contributed by atoms with Crippen LogP contribution in [0.2, 0.25) is 0 Å². The van der Waals surface area contributed by atoms with Crippen LogP contribution >= 0.6 is 11.3 Å². The predicted molar refractivity (Wildman–Crippen MR) is 117 cm³/mol. The van der Waals surface area contributed by atoms with Crippen molar-refractivity contribution in [2.75, 3.05) is 0 Å². The van der Waals surface area contributed by atoms with Gasteiger partial charge < -0.3 is 4.74 Å². The van der Waals surface area contributed by atoms with Crippen LogP contribution in [0.15, 0.2) is 29.3 Å². The van der Waals surface area contributed by atoms with E-state index in [9.17, 15) is 9.59 Å². The van der Waals surface area contributed by atoms with E-state index in [4.69, 9.17) is 4.74 Å². The third-order valence-electron chi connectivity index (χ3n) is 5.56. The van der Waals surface area contributed by atoms with Crippen LogP contribution in [-0.4, -0.2) is 21.6 Å². The van der Waals surface area contributed by atoms with E-state index in [0.29, 0.717) is 10.2 Å². The van der Waals surface area contributed by atoms with Crippen LogP contribution in [0.1, 0.15) is 55.7 Å². The van der Waals surface area contributed by atoms with E-state index in [1.165, 1.54) is 46.2 Å². The quantitative estimate of drug-likeness (QED) is 0.578. The van der Waals surface area contributed by atoms with Gasteiger partial charge in [-0.2, -0.15) is 0 Å². The molecular formula is C23H26N2O3S. The molecule has 0 aliphatic heterocycles. The van der Waals surface area contributed by atoms with Crippen LogP contribution in [-0.2, 0) is 22.4 Å². The highest BCUT2D eigenvalue weighted by Crippen LogP contribution is 2.37. The zero-order chi connectivity index (χ0) is 20.7. The number of nitrogens with zero attached hydrogens (tertiary/aromatic N) is 2. The summed E-state index contributed by atoms with van der Waals surface area (Å²) < 4.78 is 6.68.